The van der Waals surface area contributed by atoms with Crippen LogP contribution in [-0.2, 0) is 9.53 Å². The molecule has 0 bridgehead atoms. The van der Waals surface area contributed by atoms with Crippen molar-refractivity contribution in [3.8, 4) is 0 Å². The lowest BCUT2D eigenvalue weighted by molar-refractivity contribution is -0.125. The summed E-state index contributed by atoms with van der Waals surface area (Å²) in [5, 5.41) is 6.10. The molecule has 2 atom stereocenters. The normalized spacial score (nSPS) is 26.4. The maximum Gasteiger partial charge on any atom is 0.224 e. The Morgan fingerprint density at radius 2 is 2.36 bits per heavy atom. The van der Waals surface area contributed by atoms with Gasteiger partial charge in [-0.05, 0) is 19.4 Å². The summed E-state index contributed by atoms with van der Waals surface area (Å²) in [7, 11) is 0. The molecule has 14 heavy (non-hydrogen) atoms. The SMILES string of the molecule is CCOCCNC(=O)[C@@H]1CNC[C@H]1C. The molecule has 1 heterocycles. The predicted molar refractivity (Wildman–Crippen MR) is 55.0 cm³/mol. The number of amides is 1. The first-order chi connectivity index (χ1) is 6.75. The standard InChI is InChI=1S/C10H20N2O2/c1-3-14-5-4-12-10(13)9-7-11-6-8(9)2/h8-9,11H,3-7H2,1-2H3,(H,12,13)/t8-,9-/m1/s1. The monoisotopic (exact) mass is 200 g/mol. The fourth-order valence-corrected chi connectivity index (χ4v) is 1.68. The molecule has 4 nitrogen and oxygen atoms in total. The van der Waals surface area contributed by atoms with Gasteiger partial charge in [0.25, 0.3) is 0 Å². The average molecular weight is 200 g/mol. The van der Waals surface area contributed by atoms with Crippen LogP contribution in [0.25, 0.3) is 0 Å². The second-order valence-electron chi connectivity index (χ2n) is 3.73. The van der Waals surface area contributed by atoms with Crippen molar-refractivity contribution in [1.29, 1.82) is 0 Å². The van der Waals surface area contributed by atoms with Crippen LogP contribution in [-0.4, -0.2) is 38.8 Å². The molecule has 0 aromatic heterocycles. The van der Waals surface area contributed by atoms with Crippen LogP contribution >= 0.6 is 0 Å². The van der Waals surface area contributed by atoms with Gasteiger partial charge >= 0.3 is 0 Å². The van der Waals surface area contributed by atoms with Gasteiger partial charge in [0.15, 0.2) is 0 Å². The van der Waals surface area contributed by atoms with E-state index in [-0.39, 0.29) is 11.8 Å². The van der Waals surface area contributed by atoms with Gasteiger partial charge in [0.1, 0.15) is 0 Å². The highest BCUT2D eigenvalue weighted by Gasteiger charge is 2.28. The van der Waals surface area contributed by atoms with Crippen molar-refractivity contribution in [2.45, 2.75) is 13.8 Å². The Bertz CT molecular complexity index is 185. The Labute approximate surface area is 85.4 Å². The maximum atomic E-state index is 11.6. The summed E-state index contributed by atoms with van der Waals surface area (Å²) in [6.45, 7) is 7.74. The number of ether oxygens (including phenoxy) is 1. The highest BCUT2D eigenvalue weighted by molar-refractivity contribution is 5.79. The lowest BCUT2D eigenvalue weighted by Crippen LogP contribution is -2.36. The molecule has 0 saturated carbocycles. The molecule has 1 fully saturated rings. The summed E-state index contributed by atoms with van der Waals surface area (Å²) < 4.78 is 5.14. The van der Waals surface area contributed by atoms with Crippen LogP contribution in [0.2, 0.25) is 0 Å². The lowest BCUT2D eigenvalue weighted by Gasteiger charge is -2.13. The number of carbonyl (C=O) groups is 1. The molecule has 82 valence electrons. The third-order valence-electron chi connectivity index (χ3n) is 2.60. The third-order valence-corrected chi connectivity index (χ3v) is 2.60. The third kappa shape index (κ3) is 3.27. The maximum absolute atomic E-state index is 11.6. The van der Waals surface area contributed by atoms with E-state index in [9.17, 15) is 4.79 Å². The minimum atomic E-state index is 0.136. The summed E-state index contributed by atoms with van der Waals surface area (Å²) >= 11 is 0. The van der Waals surface area contributed by atoms with Crippen LogP contribution in [0, 0.1) is 11.8 Å². The molecule has 4 heteroatoms. The first-order valence-electron chi connectivity index (χ1n) is 5.32. The van der Waals surface area contributed by atoms with Gasteiger partial charge in [-0.25, -0.2) is 0 Å². The zero-order valence-corrected chi connectivity index (χ0v) is 9.01. The smallest absolute Gasteiger partial charge is 0.224 e. The van der Waals surface area contributed by atoms with Crippen LogP contribution < -0.4 is 10.6 Å². The van der Waals surface area contributed by atoms with Crippen LogP contribution in [0.3, 0.4) is 0 Å². The van der Waals surface area contributed by atoms with E-state index in [1.165, 1.54) is 0 Å². The highest BCUT2D eigenvalue weighted by Crippen LogP contribution is 2.15. The molecule has 1 aliphatic heterocycles. The zero-order chi connectivity index (χ0) is 10.4. The van der Waals surface area contributed by atoms with E-state index in [0.717, 1.165) is 13.1 Å². The second kappa shape index (κ2) is 5.98. The van der Waals surface area contributed by atoms with Gasteiger partial charge in [0, 0.05) is 19.7 Å². The Morgan fingerprint density at radius 1 is 1.57 bits per heavy atom. The highest BCUT2D eigenvalue weighted by atomic mass is 16.5. The van der Waals surface area contributed by atoms with Crippen molar-refractivity contribution in [3.05, 3.63) is 0 Å². The summed E-state index contributed by atoms with van der Waals surface area (Å²) in [5.74, 6) is 0.737. The van der Waals surface area contributed by atoms with E-state index in [2.05, 4.69) is 17.6 Å². The molecular weight excluding hydrogens is 180 g/mol. The summed E-state index contributed by atoms with van der Waals surface area (Å²) in [4.78, 5) is 11.6. The first kappa shape index (κ1) is 11.5. The number of carbonyl (C=O) groups excluding carboxylic acids is 1. The fourth-order valence-electron chi connectivity index (χ4n) is 1.68. The van der Waals surface area contributed by atoms with Crippen molar-refractivity contribution in [2.24, 2.45) is 11.8 Å². The fraction of sp³-hybridized carbons (Fsp3) is 0.900. The van der Waals surface area contributed by atoms with E-state index < -0.39 is 0 Å². The Hall–Kier alpha value is -0.610. The average Bonchev–Trinajstić information content (AvgIpc) is 2.59. The van der Waals surface area contributed by atoms with Gasteiger partial charge in [-0.2, -0.15) is 0 Å². The Kier molecular flexibility index (Phi) is 4.90. The number of nitrogens with one attached hydrogen (secondary N) is 2. The molecule has 2 N–H and O–H groups in total. The van der Waals surface area contributed by atoms with Crippen molar-refractivity contribution in [2.75, 3.05) is 32.8 Å². The lowest BCUT2D eigenvalue weighted by atomic mass is 9.97. The summed E-state index contributed by atoms with van der Waals surface area (Å²) in [6.07, 6.45) is 0. The molecule has 0 aliphatic carbocycles. The molecule has 0 unspecified atom stereocenters. The van der Waals surface area contributed by atoms with Gasteiger partial charge in [-0.3, -0.25) is 4.79 Å². The largest absolute Gasteiger partial charge is 0.380 e. The second-order valence-corrected chi connectivity index (χ2v) is 3.73. The quantitative estimate of drug-likeness (QED) is 0.614. The zero-order valence-electron chi connectivity index (χ0n) is 9.01. The van der Waals surface area contributed by atoms with Crippen LogP contribution in [0.1, 0.15) is 13.8 Å². The molecule has 1 rings (SSSR count). The van der Waals surface area contributed by atoms with E-state index in [0.29, 0.717) is 25.7 Å². The molecular formula is C10H20N2O2. The van der Waals surface area contributed by atoms with E-state index in [1.807, 2.05) is 6.92 Å². The molecule has 1 amide bonds. The van der Waals surface area contributed by atoms with Gasteiger partial charge in [0.05, 0.1) is 12.5 Å². The van der Waals surface area contributed by atoms with Gasteiger partial charge in [-0.15, -0.1) is 0 Å². The van der Waals surface area contributed by atoms with Crippen molar-refractivity contribution >= 4 is 5.91 Å². The molecule has 0 aromatic rings. The summed E-state index contributed by atoms with van der Waals surface area (Å²) in [6, 6.07) is 0. The predicted octanol–water partition coefficient (Wildman–Crippen LogP) is -0.00540. The molecule has 0 spiro atoms. The summed E-state index contributed by atoms with van der Waals surface area (Å²) in [5.41, 5.74) is 0. The minimum Gasteiger partial charge on any atom is -0.380 e. The Balaban J connectivity index is 2.14. The van der Waals surface area contributed by atoms with E-state index in [4.69, 9.17) is 4.74 Å². The molecule has 0 radical (unpaired) electrons. The van der Waals surface area contributed by atoms with E-state index in [1.54, 1.807) is 0 Å². The van der Waals surface area contributed by atoms with Gasteiger partial charge in [-0.1, -0.05) is 6.92 Å². The van der Waals surface area contributed by atoms with Crippen molar-refractivity contribution in [1.82, 2.24) is 10.6 Å². The van der Waals surface area contributed by atoms with Crippen molar-refractivity contribution in [3.63, 3.8) is 0 Å². The van der Waals surface area contributed by atoms with Gasteiger partial charge in [0.2, 0.25) is 5.91 Å². The van der Waals surface area contributed by atoms with Crippen LogP contribution in [0.4, 0.5) is 0 Å². The molecule has 1 aliphatic rings. The van der Waals surface area contributed by atoms with E-state index >= 15 is 0 Å². The molecule has 1 saturated heterocycles. The number of hydrogen-bond acceptors (Lipinski definition) is 3. The van der Waals surface area contributed by atoms with Gasteiger partial charge < -0.3 is 15.4 Å². The minimum absolute atomic E-state index is 0.136. The van der Waals surface area contributed by atoms with Crippen molar-refractivity contribution < 1.29 is 9.53 Å². The van der Waals surface area contributed by atoms with Crippen LogP contribution in [0.5, 0.6) is 0 Å². The van der Waals surface area contributed by atoms with Crippen LogP contribution in [0.15, 0.2) is 0 Å². The topological polar surface area (TPSA) is 50.4 Å². The first-order valence-corrected chi connectivity index (χ1v) is 5.32. The molecule has 0 aromatic carbocycles. The number of rotatable bonds is 5. The number of hydrogen-bond donors (Lipinski definition) is 2. The Morgan fingerprint density at radius 3 is 2.93 bits per heavy atom.